The van der Waals surface area contributed by atoms with Crippen molar-refractivity contribution in [3.63, 3.8) is 0 Å². The summed E-state index contributed by atoms with van der Waals surface area (Å²) in [5, 5.41) is 0. The highest BCUT2D eigenvalue weighted by atomic mass is 35.5. The Balaban J connectivity index is 2.18. The molecule has 0 aliphatic rings. The number of aryl methyl sites for hydroxylation is 2. The maximum Gasteiger partial charge on any atom is 0.287 e. The van der Waals surface area contributed by atoms with Crippen molar-refractivity contribution in [3.8, 4) is 0 Å². The molecule has 1 atom stereocenters. The number of benzene rings is 2. The monoisotopic (exact) mass is 369 g/mol. The standard InChI is InChI=1S/C17H20ClNO2S2/c1-15-7-9-17(10-8-15)23(20,21)19-22(14-12-18)13-11-16-5-3-2-4-6-16/h2-10H,11-14H2,1H3. The van der Waals surface area contributed by atoms with Gasteiger partial charge in [0.2, 0.25) is 0 Å². The van der Waals surface area contributed by atoms with E-state index in [1.807, 2.05) is 37.3 Å². The molecular formula is C17H20ClNO2S2. The smallest absolute Gasteiger partial charge is 0.199 e. The van der Waals surface area contributed by atoms with E-state index in [1.165, 1.54) is 5.56 Å². The van der Waals surface area contributed by atoms with Crippen LogP contribution in [0.1, 0.15) is 11.1 Å². The molecule has 0 radical (unpaired) electrons. The Hall–Kier alpha value is -1.17. The maximum absolute atomic E-state index is 12.4. The topological polar surface area (TPSA) is 46.5 Å². The number of nitrogens with zero attached hydrogens (tertiary/aromatic N) is 1. The molecule has 2 rings (SSSR count). The van der Waals surface area contributed by atoms with Gasteiger partial charge in [-0.25, -0.2) is 0 Å². The van der Waals surface area contributed by atoms with Crippen LogP contribution in [0, 0.1) is 6.92 Å². The van der Waals surface area contributed by atoms with Crippen molar-refractivity contribution in [1.82, 2.24) is 0 Å². The highest BCUT2D eigenvalue weighted by Gasteiger charge is 2.13. The van der Waals surface area contributed by atoms with Gasteiger partial charge in [0, 0.05) is 17.4 Å². The average Bonchev–Trinajstić information content (AvgIpc) is 2.54. The fraction of sp³-hybridized carbons (Fsp3) is 0.294. The first kappa shape index (κ1) is 18.2. The van der Waals surface area contributed by atoms with Gasteiger partial charge in [-0.3, -0.25) is 0 Å². The van der Waals surface area contributed by atoms with Gasteiger partial charge in [-0.1, -0.05) is 58.7 Å². The fourth-order valence-electron chi connectivity index (χ4n) is 2.04. The molecule has 2 aromatic rings. The minimum Gasteiger partial charge on any atom is -0.199 e. The maximum atomic E-state index is 12.4. The van der Waals surface area contributed by atoms with Crippen LogP contribution >= 0.6 is 11.6 Å². The number of halogens is 1. The molecule has 0 saturated heterocycles. The molecule has 0 aliphatic carbocycles. The second kappa shape index (κ2) is 8.62. The van der Waals surface area contributed by atoms with Crippen molar-refractivity contribution in [3.05, 3.63) is 65.7 Å². The molecule has 0 bridgehead atoms. The molecule has 0 heterocycles. The van der Waals surface area contributed by atoms with E-state index in [0.29, 0.717) is 17.4 Å². The molecule has 0 N–H and O–H groups in total. The van der Waals surface area contributed by atoms with Gasteiger partial charge in [0.25, 0.3) is 10.0 Å². The lowest BCUT2D eigenvalue weighted by Gasteiger charge is -2.08. The third kappa shape index (κ3) is 5.75. The number of hydrogen-bond acceptors (Lipinski definition) is 2. The zero-order chi connectivity index (χ0) is 16.7. The predicted molar refractivity (Wildman–Crippen MR) is 98.8 cm³/mol. The van der Waals surface area contributed by atoms with E-state index < -0.39 is 20.7 Å². The van der Waals surface area contributed by atoms with Crippen LogP contribution in [-0.2, 0) is 27.1 Å². The minimum absolute atomic E-state index is 0.245. The molecule has 23 heavy (non-hydrogen) atoms. The molecule has 124 valence electrons. The van der Waals surface area contributed by atoms with Crippen LogP contribution in [0.5, 0.6) is 0 Å². The summed E-state index contributed by atoms with van der Waals surface area (Å²) < 4.78 is 29.0. The molecule has 0 amide bonds. The molecule has 0 saturated carbocycles. The third-order valence-electron chi connectivity index (χ3n) is 3.30. The predicted octanol–water partition coefficient (Wildman–Crippen LogP) is 3.97. The van der Waals surface area contributed by atoms with Crippen LogP contribution in [0.25, 0.3) is 0 Å². The van der Waals surface area contributed by atoms with Crippen molar-refractivity contribution in [2.24, 2.45) is 3.77 Å². The van der Waals surface area contributed by atoms with Gasteiger partial charge in [-0.15, -0.1) is 15.4 Å². The SMILES string of the molecule is Cc1ccc(S(=O)(=O)/N=S(\CCCl)CCc2ccccc2)cc1. The molecule has 0 spiro atoms. The van der Waals surface area contributed by atoms with Gasteiger partial charge >= 0.3 is 0 Å². The van der Waals surface area contributed by atoms with E-state index >= 15 is 0 Å². The molecule has 1 unspecified atom stereocenters. The number of alkyl halides is 1. The van der Waals surface area contributed by atoms with Crippen LogP contribution in [0.4, 0.5) is 0 Å². The second-order valence-corrected chi connectivity index (χ2v) is 9.29. The quantitative estimate of drug-likeness (QED) is 0.693. The third-order valence-corrected chi connectivity index (χ3v) is 7.56. The molecule has 0 fully saturated rings. The van der Waals surface area contributed by atoms with Crippen LogP contribution in [-0.4, -0.2) is 25.8 Å². The lowest BCUT2D eigenvalue weighted by Crippen LogP contribution is -2.10. The summed E-state index contributed by atoms with van der Waals surface area (Å²) in [5.74, 6) is 1.69. The van der Waals surface area contributed by atoms with Crippen LogP contribution in [0.3, 0.4) is 0 Å². The van der Waals surface area contributed by atoms with E-state index in [1.54, 1.807) is 24.3 Å². The Bertz CT molecular complexity index is 757. The van der Waals surface area contributed by atoms with Crippen LogP contribution in [0.2, 0.25) is 0 Å². The zero-order valence-electron chi connectivity index (χ0n) is 13.0. The average molecular weight is 370 g/mol. The summed E-state index contributed by atoms with van der Waals surface area (Å²) in [6, 6.07) is 16.8. The van der Waals surface area contributed by atoms with E-state index in [-0.39, 0.29) is 4.90 Å². The van der Waals surface area contributed by atoms with Crippen molar-refractivity contribution in [2.75, 3.05) is 17.4 Å². The number of sulfonamides is 1. The molecule has 0 aromatic heterocycles. The van der Waals surface area contributed by atoms with Gasteiger partial charge < -0.3 is 0 Å². The van der Waals surface area contributed by atoms with Crippen molar-refractivity contribution < 1.29 is 8.42 Å². The van der Waals surface area contributed by atoms with Crippen molar-refractivity contribution in [2.45, 2.75) is 18.2 Å². The van der Waals surface area contributed by atoms with Crippen molar-refractivity contribution in [1.29, 1.82) is 0 Å². The molecular weight excluding hydrogens is 350 g/mol. The van der Waals surface area contributed by atoms with Gasteiger partial charge in [-0.2, -0.15) is 8.42 Å². The van der Waals surface area contributed by atoms with E-state index in [2.05, 4.69) is 3.77 Å². The summed E-state index contributed by atoms with van der Waals surface area (Å²) in [6.07, 6.45) is 0.799. The Labute approximate surface area is 145 Å². The van der Waals surface area contributed by atoms with E-state index in [4.69, 9.17) is 11.6 Å². The summed E-state index contributed by atoms with van der Waals surface area (Å²) in [5.41, 5.74) is 2.20. The highest BCUT2D eigenvalue weighted by Crippen LogP contribution is 2.15. The van der Waals surface area contributed by atoms with Crippen molar-refractivity contribution >= 4 is 32.3 Å². The first-order valence-corrected chi connectivity index (χ1v) is 10.8. The number of hydrogen-bond donors (Lipinski definition) is 0. The molecule has 3 nitrogen and oxygen atoms in total. The first-order valence-electron chi connectivity index (χ1n) is 7.33. The zero-order valence-corrected chi connectivity index (χ0v) is 15.4. The molecule has 2 aromatic carbocycles. The summed E-state index contributed by atoms with van der Waals surface area (Å²) in [7, 11) is -4.22. The molecule has 6 heteroatoms. The Kier molecular flexibility index (Phi) is 6.81. The van der Waals surface area contributed by atoms with Crippen LogP contribution in [0.15, 0.2) is 63.3 Å². The second-order valence-electron chi connectivity index (χ2n) is 5.16. The van der Waals surface area contributed by atoms with E-state index in [0.717, 1.165) is 12.0 Å². The van der Waals surface area contributed by atoms with Gasteiger partial charge in [0.05, 0.1) is 4.90 Å². The van der Waals surface area contributed by atoms with Gasteiger partial charge in [0.1, 0.15) is 0 Å². The lowest BCUT2D eigenvalue weighted by molar-refractivity contribution is 0.598. The summed E-state index contributed by atoms with van der Waals surface area (Å²) in [4.78, 5) is 0.245. The Morgan fingerprint density at radius 3 is 2.26 bits per heavy atom. The Morgan fingerprint density at radius 1 is 1.00 bits per heavy atom. The normalized spacial score (nSPS) is 13.1. The minimum atomic E-state index is -3.62. The fourth-order valence-corrected chi connectivity index (χ4v) is 5.96. The van der Waals surface area contributed by atoms with Gasteiger partial charge in [-0.05, 0) is 31.0 Å². The van der Waals surface area contributed by atoms with E-state index in [9.17, 15) is 8.42 Å². The Morgan fingerprint density at radius 2 is 1.65 bits per heavy atom. The molecule has 0 aliphatic heterocycles. The largest absolute Gasteiger partial charge is 0.287 e. The summed E-state index contributed by atoms with van der Waals surface area (Å²) in [6.45, 7) is 1.92. The first-order chi connectivity index (χ1) is 11.0. The summed E-state index contributed by atoms with van der Waals surface area (Å²) >= 11 is 5.83. The lowest BCUT2D eigenvalue weighted by atomic mass is 10.2. The van der Waals surface area contributed by atoms with Crippen LogP contribution < -0.4 is 0 Å². The van der Waals surface area contributed by atoms with Gasteiger partial charge in [0.15, 0.2) is 0 Å². The number of rotatable bonds is 7. The highest BCUT2D eigenvalue weighted by molar-refractivity contribution is 8.00.